The molecule has 0 bridgehead atoms. The number of rotatable bonds is 2. The first-order valence-electron chi connectivity index (χ1n) is 10.2. The number of hydrogen-bond donors (Lipinski definition) is 1. The van der Waals surface area contributed by atoms with E-state index in [0.29, 0.717) is 22.3 Å². The molecule has 7 nitrogen and oxygen atoms in total. The third kappa shape index (κ3) is 3.01. The molecule has 0 spiro atoms. The zero-order valence-corrected chi connectivity index (χ0v) is 16.9. The molecule has 4 amide bonds. The van der Waals surface area contributed by atoms with Crippen molar-refractivity contribution in [2.24, 2.45) is 0 Å². The molecule has 158 valence electrons. The summed E-state index contributed by atoms with van der Waals surface area (Å²) in [7, 11) is 0. The van der Waals surface area contributed by atoms with Crippen molar-refractivity contribution in [3.05, 3.63) is 70.0 Å². The molecule has 0 aromatic heterocycles. The standard InChI is InChI=1S/C23H20FN3O4/c1-12-15-3-2-4-18(24)17(15)11-26(12)22(30)13-5-6-16-14(9-13)10-27(23(16)31)19-7-8-20(28)25-21(19)29/h2-6,9,12,19H,7-8,10-11H2,1H3,(H,25,28,29). The Kier molecular flexibility index (Phi) is 4.39. The minimum Gasteiger partial charge on any atom is -0.327 e. The van der Waals surface area contributed by atoms with E-state index in [1.807, 2.05) is 13.0 Å². The van der Waals surface area contributed by atoms with Gasteiger partial charge >= 0.3 is 0 Å². The first kappa shape index (κ1) is 19.4. The number of imide groups is 1. The number of benzene rings is 2. The summed E-state index contributed by atoms with van der Waals surface area (Å²) in [6, 6.07) is 8.78. The van der Waals surface area contributed by atoms with Crippen molar-refractivity contribution >= 4 is 23.6 Å². The molecule has 2 aromatic rings. The van der Waals surface area contributed by atoms with Gasteiger partial charge in [0.15, 0.2) is 0 Å². The Bertz CT molecular complexity index is 1160. The lowest BCUT2D eigenvalue weighted by Crippen LogP contribution is -2.52. The van der Waals surface area contributed by atoms with E-state index in [-0.39, 0.29) is 55.5 Å². The van der Waals surface area contributed by atoms with Crippen LogP contribution in [0.3, 0.4) is 0 Å². The molecule has 2 unspecified atom stereocenters. The maximum Gasteiger partial charge on any atom is 0.255 e. The first-order chi connectivity index (χ1) is 14.8. The minimum atomic E-state index is -0.701. The van der Waals surface area contributed by atoms with Crippen LogP contribution in [0.5, 0.6) is 0 Å². The number of piperidine rings is 1. The average Bonchev–Trinajstić information content (AvgIpc) is 3.26. The van der Waals surface area contributed by atoms with E-state index in [0.717, 1.165) is 5.56 Å². The highest BCUT2D eigenvalue weighted by Crippen LogP contribution is 2.36. The lowest BCUT2D eigenvalue weighted by molar-refractivity contribution is -0.136. The van der Waals surface area contributed by atoms with Crippen molar-refractivity contribution in [2.45, 2.75) is 44.9 Å². The number of nitrogens with zero attached hydrogens (tertiary/aromatic N) is 2. The summed E-state index contributed by atoms with van der Waals surface area (Å²) in [5, 5.41) is 2.28. The zero-order valence-electron chi connectivity index (χ0n) is 16.9. The van der Waals surface area contributed by atoms with Gasteiger partial charge in [-0.2, -0.15) is 0 Å². The molecule has 0 aliphatic carbocycles. The van der Waals surface area contributed by atoms with Crippen molar-refractivity contribution in [3.63, 3.8) is 0 Å². The Morgan fingerprint density at radius 2 is 1.94 bits per heavy atom. The second-order valence-electron chi connectivity index (χ2n) is 8.19. The molecule has 0 saturated carbocycles. The largest absolute Gasteiger partial charge is 0.327 e. The monoisotopic (exact) mass is 421 g/mol. The quantitative estimate of drug-likeness (QED) is 0.754. The van der Waals surface area contributed by atoms with Crippen molar-refractivity contribution in [2.75, 3.05) is 0 Å². The molecule has 2 atom stereocenters. The maximum atomic E-state index is 14.2. The molecule has 3 aliphatic rings. The topological polar surface area (TPSA) is 86.8 Å². The average molecular weight is 421 g/mol. The van der Waals surface area contributed by atoms with Gasteiger partial charge in [-0.25, -0.2) is 4.39 Å². The van der Waals surface area contributed by atoms with Gasteiger partial charge in [-0.15, -0.1) is 0 Å². The van der Waals surface area contributed by atoms with Gasteiger partial charge in [-0.3, -0.25) is 24.5 Å². The summed E-state index contributed by atoms with van der Waals surface area (Å²) in [4.78, 5) is 52.7. The highest BCUT2D eigenvalue weighted by Gasteiger charge is 2.40. The molecule has 1 N–H and O–H groups in total. The molecular weight excluding hydrogens is 401 g/mol. The summed E-state index contributed by atoms with van der Waals surface area (Å²) < 4.78 is 14.2. The number of halogens is 1. The number of carbonyl (C=O) groups is 4. The van der Waals surface area contributed by atoms with Gasteiger partial charge in [0.05, 0.1) is 6.04 Å². The number of fused-ring (bicyclic) bond motifs is 2. The minimum absolute atomic E-state index is 0.185. The third-order valence-corrected chi connectivity index (χ3v) is 6.43. The second-order valence-corrected chi connectivity index (χ2v) is 8.19. The predicted molar refractivity (Wildman–Crippen MR) is 107 cm³/mol. The van der Waals surface area contributed by atoms with Crippen LogP contribution in [-0.4, -0.2) is 39.5 Å². The van der Waals surface area contributed by atoms with Crippen molar-refractivity contribution in [1.82, 2.24) is 15.1 Å². The fourth-order valence-corrected chi connectivity index (χ4v) is 4.73. The molecule has 3 aliphatic heterocycles. The van der Waals surface area contributed by atoms with Crippen LogP contribution in [0.2, 0.25) is 0 Å². The highest BCUT2D eigenvalue weighted by molar-refractivity contribution is 6.06. The smallest absolute Gasteiger partial charge is 0.255 e. The van der Waals surface area contributed by atoms with Crippen LogP contribution >= 0.6 is 0 Å². The van der Waals surface area contributed by atoms with Gasteiger partial charge in [0.25, 0.3) is 11.8 Å². The number of amides is 4. The summed E-state index contributed by atoms with van der Waals surface area (Å²) in [6.07, 6.45) is 0.468. The van der Waals surface area contributed by atoms with Gasteiger partial charge < -0.3 is 9.80 Å². The zero-order chi connectivity index (χ0) is 21.9. The summed E-state index contributed by atoms with van der Waals surface area (Å²) in [6.45, 7) is 2.26. The Morgan fingerprint density at radius 1 is 1.13 bits per heavy atom. The van der Waals surface area contributed by atoms with E-state index in [4.69, 9.17) is 0 Å². The lowest BCUT2D eigenvalue weighted by atomic mass is 10.0. The maximum absolute atomic E-state index is 14.2. The Labute approximate surface area is 177 Å². The van der Waals surface area contributed by atoms with Crippen LogP contribution in [0.1, 0.15) is 63.2 Å². The molecule has 0 radical (unpaired) electrons. The van der Waals surface area contributed by atoms with Crippen LogP contribution in [-0.2, 0) is 22.7 Å². The SMILES string of the molecule is CC1c2cccc(F)c2CN1C(=O)c1ccc2c(c1)CN(C1CCC(=O)NC1=O)C2=O. The van der Waals surface area contributed by atoms with Crippen LogP contribution in [0.15, 0.2) is 36.4 Å². The van der Waals surface area contributed by atoms with Gasteiger partial charge in [0.1, 0.15) is 11.9 Å². The molecule has 5 rings (SSSR count). The van der Waals surface area contributed by atoms with Crippen LogP contribution < -0.4 is 5.32 Å². The van der Waals surface area contributed by atoms with E-state index in [9.17, 15) is 23.6 Å². The Balaban J connectivity index is 1.38. The van der Waals surface area contributed by atoms with E-state index >= 15 is 0 Å². The number of nitrogens with one attached hydrogen (secondary N) is 1. The van der Waals surface area contributed by atoms with Gasteiger partial charge in [0.2, 0.25) is 11.8 Å². The van der Waals surface area contributed by atoms with Crippen LogP contribution in [0.25, 0.3) is 0 Å². The fraction of sp³-hybridized carbons (Fsp3) is 0.304. The van der Waals surface area contributed by atoms with Gasteiger partial charge in [-0.05, 0) is 48.7 Å². The lowest BCUT2D eigenvalue weighted by Gasteiger charge is -2.29. The van der Waals surface area contributed by atoms with E-state index < -0.39 is 11.9 Å². The van der Waals surface area contributed by atoms with Gasteiger partial charge in [-0.1, -0.05) is 12.1 Å². The predicted octanol–water partition coefficient (Wildman–Crippen LogP) is 2.30. The molecule has 2 aromatic carbocycles. The van der Waals surface area contributed by atoms with E-state index in [1.165, 1.54) is 11.0 Å². The second kappa shape index (κ2) is 7.01. The molecule has 1 saturated heterocycles. The summed E-state index contributed by atoms with van der Waals surface area (Å²) in [5.41, 5.74) is 2.86. The first-order valence-corrected chi connectivity index (χ1v) is 10.2. The molecule has 31 heavy (non-hydrogen) atoms. The van der Waals surface area contributed by atoms with E-state index in [1.54, 1.807) is 29.2 Å². The number of hydrogen-bond acceptors (Lipinski definition) is 4. The highest BCUT2D eigenvalue weighted by atomic mass is 19.1. The summed E-state index contributed by atoms with van der Waals surface area (Å²) in [5.74, 6) is -1.65. The molecule has 8 heteroatoms. The van der Waals surface area contributed by atoms with Gasteiger partial charge in [0, 0.05) is 36.2 Å². The van der Waals surface area contributed by atoms with E-state index in [2.05, 4.69) is 5.32 Å². The summed E-state index contributed by atoms with van der Waals surface area (Å²) >= 11 is 0. The Morgan fingerprint density at radius 3 is 2.68 bits per heavy atom. The fourth-order valence-electron chi connectivity index (χ4n) is 4.73. The number of carbonyl (C=O) groups excluding carboxylic acids is 4. The normalized spacial score (nSPS) is 22.5. The van der Waals surface area contributed by atoms with Crippen molar-refractivity contribution in [3.8, 4) is 0 Å². The van der Waals surface area contributed by atoms with Crippen molar-refractivity contribution < 1.29 is 23.6 Å². The Hall–Kier alpha value is -3.55. The molecular formula is C23H20FN3O4. The molecule has 1 fully saturated rings. The van der Waals surface area contributed by atoms with Crippen molar-refractivity contribution in [1.29, 1.82) is 0 Å². The third-order valence-electron chi connectivity index (χ3n) is 6.43. The van der Waals surface area contributed by atoms with Crippen LogP contribution in [0, 0.1) is 5.82 Å². The molecule has 3 heterocycles. The van der Waals surface area contributed by atoms with Crippen LogP contribution in [0.4, 0.5) is 4.39 Å².